The molecular weight excluding hydrogens is 252 g/mol. The summed E-state index contributed by atoms with van der Waals surface area (Å²) < 4.78 is 5.78. The fraction of sp³-hybridized carbons (Fsp3) is 0.333. The highest BCUT2D eigenvalue weighted by Gasteiger charge is 2.21. The van der Waals surface area contributed by atoms with E-state index in [1.165, 1.54) is 0 Å². The topological polar surface area (TPSA) is 64.3 Å². The Labute approximate surface area is 118 Å². The van der Waals surface area contributed by atoms with E-state index in [9.17, 15) is 0 Å². The van der Waals surface area contributed by atoms with Crippen LogP contribution in [0.5, 0.6) is 5.75 Å². The van der Waals surface area contributed by atoms with Crippen LogP contribution in [0.1, 0.15) is 17.8 Å². The lowest BCUT2D eigenvalue weighted by Gasteiger charge is -2.25. The summed E-state index contributed by atoms with van der Waals surface area (Å²) in [4.78, 5) is 11.0. The number of aromatic nitrogens is 2. The lowest BCUT2D eigenvalue weighted by Crippen LogP contribution is -2.21. The van der Waals surface area contributed by atoms with Gasteiger partial charge in [0.25, 0.3) is 0 Å². The molecule has 0 bridgehead atoms. The predicted molar refractivity (Wildman–Crippen MR) is 79.5 cm³/mol. The summed E-state index contributed by atoms with van der Waals surface area (Å²) in [5.74, 6) is 2.98. The molecule has 1 aromatic heterocycles. The Morgan fingerprint density at radius 1 is 1.20 bits per heavy atom. The first kappa shape index (κ1) is 12.7. The molecule has 0 amide bonds. The van der Waals surface area contributed by atoms with E-state index in [4.69, 9.17) is 10.5 Å². The number of nitrogen functional groups attached to an aromatic ring is 1. The van der Waals surface area contributed by atoms with Crippen LogP contribution in [-0.4, -0.2) is 23.1 Å². The molecule has 3 rings (SSSR count). The highest BCUT2D eigenvalue weighted by Crippen LogP contribution is 2.36. The van der Waals surface area contributed by atoms with E-state index in [-0.39, 0.29) is 0 Å². The van der Waals surface area contributed by atoms with Gasteiger partial charge in [-0.15, -0.1) is 0 Å². The third-order valence-electron chi connectivity index (χ3n) is 3.46. The average Bonchev–Trinajstić information content (AvgIpc) is 2.65. The van der Waals surface area contributed by atoms with Gasteiger partial charge in [-0.2, -0.15) is 0 Å². The lowest BCUT2D eigenvalue weighted by atomic mass is 10.2. The second-order valence-electron chi connectivity index (χ2n) is 4.93. The number of fused-ring (bicyclic) bond motifs is 1. The van der Waals surface area contributed by atoms with Crippen molar-refractivity contribution < 1.29 is 4.74 Å². The number of nitrogens with two attached hydrogens (primary N) is 1. The highest BCUT2D eigenvalue weighted by atomic mass is 16.5. The molecule has 5 nitrogen and oxygen atoms in total. The van der Waals surface area contributed by atoms with Gasteiger partial charge in [0, 0.05) is 12.1 Å². The van der Waals surface area contributed by atoms with E-state index in [0.717, 1.165) is 35.8 Å². The predicted octanol–water partition coefficient (Wildman–Crippen LogP) is 2.60. The molecule has 2 N–H and O–H groups in total. The van der Waals surface area contributed by atoms with Gasteiger partial charge in [0.1, 0.15) is 23.2 Å². The van der Waals surface area contributed by atoms with Gasteiger partial charge in [-0.05, 0) is 32.4 Å². The second-order valence-corrected chi connectivity index (χ2v) is 4.93. The van der Waals surface area contributed by atoms with Crippen molar-refractivity contribution in [3.05, 3.63) is 35.7 Å². The highest BCUT2D eigenvalue weighted by molar-refractivity contribution is 5.71. The van der Waals surface area contributed by atoms with Gasteiger partial charge in [0.15, 0.2) is 0 Å². The van der Waals surface area contributed by atoms with Crippen LogP contribution >= 0.6 is 0 Å². The van der Waals surface area contributed by atoms with Crippen molar-refractivity contribution in [1.29, 1.82) is 0 Å². The SMILES string of the molecule is Cc1nc(N)c(C)c(N2CCCOc3ccccc32)n1. The van der Waals surface area contributed by atoms with Crippen LogP contribution in [0.3, 0.4) is 0 Å². The summed E-state index contributed by atoms with van der Waals surface area (Å²) in [7, 11) is 0. The van der Waals surface area contributed by atoms with Crippen molar-refractivity contribution in [2.24, 2.45) is 0 Å². The number of anilines is 3. The number of ether oxygens (including phenoxy) is 1. The van der Waals surface area contributed by atoms with Crippen molar-refractivity contribution in [1.82, 2.24) is 9.97 Å². The standard InChI is InChI=1S/C15H18N4O/c1-10-14(16)17-11(2)18-15(10)19-8-5-9-20-13-7-4-3-6-12(13)19/h3-4,6-7H,5,8-9H2,1-2H3,(H2,16,17,18). The van der Waals surface area contributed by atoms with Crippen molar-refractivity contribution >= 4 is 17.3 Å². The summed E-state index contributed by atoms with van der Waals surface area (Å²) >= 11 is 0. The molecule has 0 saturated carbocycles. The van der Waals surface area contributed by atoms with Gasteiger partial charge in [-0.3, -0.25) is 0 Å². The van der Waals surface area contributed by atoms with Crippen LogP contribution < -0.4 is 15.4 Å². The molecule has 0 atom stereocenters. The maximum atomic E-state index is 5.98. The molecule has 1 aliphatic heterocycles. The summed E-state index contributed by atoms with van der Waals surface area (Å²) in [5.41, 5.74) is 7.92. The Balaban J connectivity index is 2.15. The van der Waals surface area contributed by atoms with Crippen LogP contribution in [0.4, 0.5) is 17.3 Å². The number of hydrogen-bond acceptors (Lipinski definition) is 5. The summed E-state index contributed by atoms with van der Waals surface area (Å²) in [5, 5.41) is 0. The third kappa shape index (κ3) is 2.15. The molecule has 0 aliphatic carbocycles. The normalized spacial score (nSPS) is 14.4. The van der Waals surface area contributed by atoms with Crippen molar-refractivity contribution in [3.8, 4) is 5.75 Å². The van der Waals surface area contributed by atoms with Gasteiger partial charge in [-0.1, -0.05) is 12.1 Å². The number of aryl methyl sites for hydroxylation is 1. The molecule has 5 heteroatoms. The minimum absolute atomic E-state index is 0.537. The Hall–Kier alpha value is -2.30. The van der Waals surface area contributed by atoms with Crippen molar-refractivity contribution in [2.75, 3.05) is 23.8 Å². The summed E-state index contributed by atoms with van der Waals surface area (Å²) in [6.45, 7) is 5.39. The minimum atomic E-state index is 0.537. The maximum absolute atomic E-state index is 5.98. The van der Waals surface area contributed by atoms with E-state index >= 15 is 0 Å². The Bertz CT molecular complexity index is 642. The van der Waals surface area contributed by atoms with Gasteiger partial charge >= 0.3 is 0 Å². The van der Waals surface area contributed by atoms with Crippen LogP contribution in [0.15, 0.2) is 24.3 Å². The van der Waals surface area contributed by atoms with Gasteiger partial charge in [0.2, 0.25) is 0 Å². The summed E-state index contributed by atoms with van der Waals surface area (Å²) in [6, 6.07) is 8.02. The van der Waals surface area contributed by atoms with Gasteiger partial charge in [0.05, 0.1) is 12.3 Å². The van der Waals surface area contributed by atoms with E-state index in [2.05, 4.69) is 14.9 Å². The molecule has 0 saturated heterocycles. The fourth-order valence-electron chi connectivity index (χ4n) is 2.45. The number of nitrogens with zero attached hydrogens (tertiary/aromatic N) is 3. The van der Waals surface area contributed by atoms with Crippen LogP contribution in [0.25, 0.3) is 0 Å². The molecule has 104 valence electrons. The first-order valence-corrected chi connectivity index (χ1v) is 6.77. The molecule has 20 heavy (non-hydrogen) atoms. The van der Waals surface area contributed by atoms with Crippen LogP contribution in [-0.2, 0) is 0 Å². The van der Waals surface area contributed by atoms with Crippen molar-refractivity contribution in [3.63, 3.8) is 0 Å². The van der Waals surface area contributed by atoms with Crippen LogP contribution in [0, 0.1) is 13.8 Å². The Kier molecular flexibility index (Phi) is 3.18. The zero-order chi connectivity index (χ0) is 14.1. The van der Waals surface area contributed by atoms with E-state index in [1.807, 2.05) is 38.1 Å². The molecule has 2 heterocycles. The maximum Gasteiger partial charge on any atom is 0.142 e. The third-order valence-corrected chi connectivity index (χ3v) is 3.46. The second kappa shape index (κ2) is 5.00. The summed E-state index contributed by atoms with van der Waals surface area (Å²) in [6.07, 6.45) is 0.942. The number of benzene rings is 1. The first-order valence-electron chi connectivity index (χ1n) is 6.77. The fourth-order valence-corrected chi connectivity index (χ4v) is 2.45. The van der Waals surface area contributed by atoms with E-state index in [1.54, 1.807) is 0 Å². The minimum Gasteiger partial charge on any atom is -0.491 e. The molecule has 0 unspecified atom stereocenters. The lowest BCUT2D eigenvalue weighted by molar-refractivity contribution is 0.322. The zero-order valence-electron chi connectivity index (χ0n) is 11.8. The van der Waals surface area contributed by atoms with E-state index < -0.39 is 0 Å². The quantitative estimate of drug-likeness (QED) is 0.863. The molecule has 1 aromatic carbocycles. The smallest absolute Gasteiger partial charge is 0.142 e. The molecule has 0 radical (unpaired) electrons. The number of hydrogen-bond donors (Lipinski definition) is 1. The first-order chi connectivity index (χ1) is 9.66. The van der Waals surface area contributed by atoms with E-state index in [0.29, 0.717) is 18.2 Å². The Morgan fingerprint density at radius 3 is 2.85 bits per heavy atom. The average molecular weight is 270 g/mol. The van der Waals surface area contributed by atoms with Gasteiger partial charge in [-0.25, -0.2) is 9.97 Å². The molecular formula is C15H18N4O. The zero-order valence-corrected chi connectivity index (χ0v) is 11.8. The van der Waals surface area contributed by atoms with Gasteiger partial charge < -0.3 is 15.4 Å². The molecule has 2 aromatic rings. The van der Waals surface area contributed by atoms with Crippen molar-refractivity contribution in [2.45, 2.75) is 20.3 Å². The molecule has 1 aliphatic rings. The Morgan fingerprint density at radius 2 is 2.00 bits per heavy atom. The van der Waals surface area contributed by atoms with Crippen LogP contribution in [0.2, 0.25) is 0 Å². The molecule has 0 spiro atoms. The monoisotopic (exact) mass is 270 g/mol. The number of para-hydroxylation sites is 2. The largest absolute Gasteiger partial charge is 0.491 e. The molecule has 0 fully saturated rings. The number of rotatable bonds is 1.